The second-order valence-electron chi connectivity index (χ2n) is 4.30. The molecule has 0 saturated carbocycles. The first kappa shape index (κ1) is 11.0. The van der Waals surface area contributed by atoms with Crippen LogP contribution in [-0.2, 0) is 4.74 Å². The number of hydrogen-bond donors (Lipinski definition) is 1. The lowest BCUT2D eigenvalue weighted by Crippen LogP contribution is -2.38. The summed E-state index contributed by atoms with van der Waals surface area (Å²) in [5, 5.41) is 3.59. The van der Waals surface area contributed by atoms with Gasteiger partial charge in [-0.3, -0.25) is 0 Å². The summed E-state index contributed by atoms with van der Waals surface area (Å²) in [6.45, 7) is 8.79. The smallest absolute Gasteiger partial charge is 0.0700 e. The van der Waals surface area contributed by atoms with Crippen molar-refractivity contribution in [2.75, 3.05) is 13.2 Å². The van der Waals surface area contributed by atoms with Crippen LogP contribution in [0, 0.1) is 5.92 Å². The van der Waals surface area contributed by atoms with Gasteiger partial charge in [0.05, 0.1) is 6.10 Å². The molecular weight excluding hydrogens is 162 g/mol. The molecule has 1 heterocycles. The van der Waals surface area contributed by atoms with Crippen LogP contribution in [0.3, 0.4) is 0 Å². The van der Waals surface area contributed by atoms with E-state index >= 15 is 0 Å². The highest BCUT2D eigenvalue weighted by atomic mass is 16.5. The molecule has 1 aliphatic heterocycles. The monoisotopic (exact) mass is 185 g/mol. The van der Waals surface area contributed by atoms with Gasteiger partial charge in [0, 0.05) is 19.2 Å². The molecule has 1 aliphatic rings. The Balaban J connectivity index is 2.15. The van der Waals surface area contributed by atoms with Crippen molar-refractivity contribution >= 4 is 0 Å². The number of ether oxygens (including phenoxy) is 1. The van der Waals surface area contributed by atoms with Gasteiger partial charge in [-0.15, -0.1) is 0 Å². The molecule has 0 spiro atoms. The molecule has 1 rings (SSSR count). The molecule has 2 nitrogen and oxygen atoms in total. The standard InChI is InChI=1S/C11H23NO/c1-4-11(9(2)3)12-8-10-6-5-7-13-10/h9-12H,4-8H2,1-3H3/t10-,11+/m1/s1. The Morgan fingerprint density at radius 1 is 1.46 bits per heavy atom. The van der Waals surface area contributed by atoms with Gasteiger partial charge in [0.2, 0.25) is 0 Å². The van der Waals surface area contributed by atoms with Gasteiger partial charge in [0.25, 0.3) is 0 Å². The quantitative estimate of drug-likeness (QED) is 0.709. The molecule has 1 N–H and O–H groups in total. The van der Waals surface area contributed by atoms with Crippen LogP contribution in [-0.4, -0.2) is 25.3 Å². The number of hydrogen-bond acceptors (Lipinski definition) is 2. The molecule has 0 unspecified atom stereocenters. The van der Waals surface area contributed by atoms with Crippen LogP contribution in [0.1, 0.15) is 40.0 Å². The van der Waals surface area contributed by atoms with Crippen molar-refractivity contribution < 1.29 is 4.74 Å². The average molecular weight is 185 g/mol. The van der Waals surface area contributed by atoms with E-state index < -0.39 is 0 Å². The Morgan fingerprint density at radius 3 is 2.69 bits per heavy atom. The fraction of sp³-hybridized carbons (Fsp3) is 1.00. The normalized spacial score (nSPS) is 25.4. The molecule has 2 heteroatoms. The van der Waals surface area contributed by atoms with E-state index in [2.05, 4.69) is 26.1 Å². The van der Waals surface area contributed by atoms with Gasteiger partial charge < -0.3 is 10.1 Å². The lowest BCUT2D eigenvalue weighted by molar-refractivity contribution is 0.105. The third-order valence-electron chi connectivity index (χ3n) is 2.88. The van der Waals surface area contributed by atoms with Crippen LogP contribution in [0.25, 0.3) is 0 Å². The zero-order valence-electron chi connectivity index (χ0n) is 9.18. The predicted molar refractivity (Wildman–Crippen MR) is 55.9 cm³/mol. The molecule has 0 aliphatic carbocycles. The zero-order valence-corrected chi connectivity index (χ0v) is 9.18. The third-order valence-corrected chi connectivity index (χ3v) is 2.88. The largest absolute Gasteiger partial charge is 0.377 e. The van der Waals surface area contributed by atoms with E-state index in [0.29, 0.717) is 12.1 Å². The molecule has 0 amide bonds. The van der Waals surface area contributed by atoms with Gasteiger partial charge in [0.15, 0.2) is 0 Å². The Labute approximate surface area is 82.0 Å². The molecule has 1 fully saturated rings. The zero-order chi connectivity index (χ0) is 9.68. The molecule has 0 aromatic heterocycles. The van der Waals surface area contributed by atoms with Crippen molar-refractivity contribution in [2.24, 2.45) is 5.92 Å². The summed E-state index contributed by atoms with van der Waals surface area (Å²) in [7, 11) is 0. The Morgan fingerprint density at radius 2 is 2.23 bits per heavy atom. The first-order valence-electron chi connectivity index (χ1n) is 5.59. The van der Waals surface area contributed by atoms with E-state index in [0.717, 1.165) is 19.1 Å². The Hall–Kier alpha value is -0.0800. The first-order valence-corrected chi connectivity index (χ1v) is 5.59. The lowest BCUT2D eigenvalue weighted by Gasteiger charge is -2.22. The molecule has 0 radical (unpaired) electrons. The van der Waals surface area contributed by atoms with Crippen LogP contribution in [0.2, 0.25) is 0 Å². The van der Waals surface area contributed by atoms with Gasteiger partial charge in [-0.2, -0.15) is 0 Å². The molecular formula is C11H23NO. The van der Waals surface area contributed by atoms with Crippen LogP contribution in [0.15, 0.2) is 0 Å². The van der Waals surface area contributed by atoms with Crippen molar-refractivity contribution in [2.45, 2.75) is 52.2 Å². The van der Waals surface area contributed by atoms with Gasteiger partial charge in [0.1, 0.15) is 0 Å². The summed E-state index contributed by atoms with van der Waals surface area (Å²) in [5.41, 5.74) is 0. The van der Waals surface area contributed by atoms with Crippen LogP contribution in [0.5, 0.6) is 0 Å². The summed E-state index contributed by atoms with van der Waals surface area (Å²) in [5.74, 6) is 0.728. The molecule has 0 aromatic rings. The van der Waals surface area contributed by atoms with Gasteiger partial charge in [-0.25, -0.2) is 0 Å². The third kappa shape index (κ3) is 3.65. The first-order chi connectivity index (χ1) is 6.24. The maximum Gasteiger partial charge on any atom is 0.0700 e. The maximum atomic E-state index is 5.57. The SMILES string of the molecule is CC[C@H](NC[C@H]1CCCO1)C(C)C. The lowest BCUT2D eigenvalue weighted by atomic mass is 10.0. The second-order valence-corrected chi connectivity index (χ2v) is 4.30. The average Bonchev–Trinajstić information content (AvgIpc) is 2.57. The van der Waals surface area contributed by atoms with E-state index in [9.17, 15) is 0 Å². The summed E-state index contributed by atoms with van der Waals surface area (Å²) in [6, 6.07) is 0.657. The molecule has 1 saturated heterocycles. The van der Waals surface area contributed by atoms with Crippen molar-refractivity contribution in [3.05, 3.63) is 0 Å². The fourth-order valence-corrected chi connectivity index (χ4v) is 1.94. The predicted octanol–water partition coefficient (Wildman–Crippen LogP) is 2.19. The minimum atomic E-state index is 0.479. The van der Waals surface area contributed by atoms with Crippen LogP contribution >= 0.6 is 0 Å². The van der Waals surface area contributed by atoms with Crippen LogP contribution in [0.4, 0.5) is 0 Å². The topological polar surface area (TPSA) is 21.3 Å². The number of rotatable bonds is 5. The summed E-state index contributed by atoms with van der Waals surface area (Å²) in [6.07, 6.45) is 4.17. The fourth-order valence-electron chi connectivity index (χ4n) is 1.94. The minimum Gasteiger partial charge on any atom is -0.377 e. The maximum absolute atomic E-state index is 5.57. The second kappa shape index (κ2) is 5.61. The van der Waals surface area contributed by atoms with Crippen molar-refractivity contribution in [3.63, 3.8) is 0 Å². The van der Waals surface area contributed by atoms with Crippen molar-refractivity contribution in [1.29, 1.82) is 0 Å². The molecule has 0 bridgehead atoms. The van der Waals surface area contributed by atoms with E-state index in [1.165, 1.54) is 19.3 Å². The highest BCUT2D eigenvalue weighted by Crippen LogP contribution is 2.12. The van der Waals surface area contributed by atoms with Crippen molar-refractivity contribution in [1.82, 2.24) is 5.32 Å². The number of nitrogens with one attached hydrogen (secondary N) is 1. The summed E-state index contributed by atoms with van der Waals surface area (Å²) >= 11 is 0. The molecule has 0 aromatic carbocycles. The molecule has 78 valence electrons. The van der Waals surface area contributed by atoms with Gasteiger partial charge >= 0.3 is 0 Å². The van der Waals surface area contributed by atoms with E-state index in [-0.39, 0.29) is 0 Å². The Bertz CT molecular complexity index is 130. The molecule has 2 atom stereocenters. The highest BCUT2D eigenvalue weighted by molar-refractivity contribution is 4.73. The summed E-state index contributed by atoms with van der Waals surface area (Å²) in [4.78, 5) is 0. The van der Waals surface area contributed by atoms with Gasteiger partial charge in [-0.05, 0) is 25.2 Å². The van der Waals surface area contributed by atoms with E-state index in [1.807, 2.05) is 0 Å². The Kier molecular flexibility index (Phi) is 4.74. The van der Waals surface area contributed by atoms with E-state index in [1.54, 1.807) is 0 Å². The van der Waals surface area contributed by atoms with Crippen molar-refractivity contribution in [3.8, 4) is 0 Å². The summed E-state index contributed by atoms with van der Waals surface area (Å²) < 4.78 is 5.57. The van der Waals surface area contributed by atoms with E-state index in [4.69, 9.17) is 4.74 Å². The van der Waals surface area contributed by atoms with Gasteiger partial charge in [-0.1, -0.05) is 20.8 Å². The molecule has 13 heavy (non-hydrogen) atoms. The van der Waals surface area contributed by atoms with Crippen LogP contribution < -0.4 is 5.32 Å². The highest BCUT2D eigenvalue weighted by Gasteiger charge is 2.17. The minimum absolute atomic E-state index is 0.479.